The molecule has 0 radical (unpaired) electrons. The molecular formula is C6H6Cl2N2S. The normalized spacial score (nSPS) is 9.91. The van der Waals surface area contributed by atoms with Crippen molar-refractivity contribution in [2.45, 2.75) is 5.88 Å². The van der Waals surface area contributed by atoms with Crippen LogP contribution in [0.2, 0.25) is 0 Å². The van der Waals surface area contributed by atoms with Crippen molar-refractivity contribution in [2.75, 3.05) is 0 Å². The third kappa shape index (κ3) is 1.36. The van der Waals surface area contributed by atoms with Gasteiger partial charge in [0.2, 0.25) is 0 Å². The van der Waals surface area contributed by atoms with E-state index in [-0.39, 0.29) is 12.4 Å². The summed E-state index contributed by atoms with van der Waals surface area (Å²) in [5, 5.41) is 2.05. The molecule has 0 bridgehead atoms. The molecule has 0 unspecified atom stereocenters. The molecule has 0 saturated carbocycles. The molecule has 0 spiro atoms. The molecular weight excluding hydrogens is 203 g/mol. The van der Waals surface area contributed by atoms with E-state index in [9.17, 15) is 0 Å². The smallest absolute Gasteiger partial charge is 0.119 e. The van der Waals surface area contributed by atoms with E-state index in [0.717, 1.165) is 10.5 Å². The Bertz CT molecular complexity index is 341. The summed E-state index contributed by atoms with van der Waals surface area (Å²) in [5.41, 5.74) is 1.11. The standard InChI is InChI=1S/C6H5ClN2S.ClH/c7-1-5-3-10-6-2-8-4-9(5)6;/h2-4H,1H2;1H. The Hall–Kier alpha value is -0.250. The summed E-state index contributed by atoms with van der Waals surface area (Å²) in [6.45, 7) is 0. The van der Waals surface area contributed by atoms with E-state index < -0.39 is 0 Å². The lowest BCUT2D eigenvalue weighted by Gasteiger charge is -1.87. The number of imidazole rings is 1. The van der Waals surface area contributed by atoms with Crippen LogP contribution in [0.1, 0.15) is 5.69 Å². The van der Waals surface area contributed by atoms with Gasteiger partial charge in [-0.2, -0.15) is 0 Å². The van der Waals surface area contributed by atoms with Crippen LogP contribution >= 0.6 is 35.3 Å². The van der Waals surface area contributed by atoms with Crippen LogP contribution in [0.3, 0.4) is 0 Å². The topological polar surface area (TPSA) is 17.3 Å². The van der Waals surface area contributed by atoms with Gasteiger partial charge in [0, 0.05) is 11.1 Å². The Balaban J connectivity index is 0.000000605. The fraction of sp³-hybridized carbons (Fsp3) is 0.167. The number of nitrogens with zero attached hydrogens (tertiary/aromatic N) is 2. The molecule has 2 rings (SSSR count). The number of hydrogen-bond acceptors (Lipinski definition) is 2. The molecule has 0 fully saturated rings. The lowest BCUT2D eigenvalue weighted by Crippen LogP contribution is -1.82. The maximum absolute atomic E-state index is 5.66. The van der Waals surface area contributed by atoms with Gasteiger partial charge in [-0.3, -0.25) is 4.40 Å². The first-order valence-electron chi connectivity index (χ1n) is 2.86. The number of aromatic nitrogens is 2. The largest absolute Gasteiger partial charge is 0.293 e. The molecule has 0 amide bonds. The van der Waals surface area contributed by atoms with Crippen molar-refractivity contribution in [1.82, 2.24) is 9.38 Å². The fourth-order valence-corrected chi connectivity index (χ4v) is 2.02. The van der Waals surface area contributed by atoms with E-state index >= 15 is 0 Å². The number of hydrogen-bond donors (Lipinski definition) is 0. The first-order valence-corrected chi connectivity index (χ1v) is 4.27. The van der Waals surface area contributed by atoms with E-state index in [2.05, 4.69) is 4.98 Å². The van der Waals surface area contributed by atoms with Crippen molar-refractivity contribution in [2.24, 2.45) is 0 Å². The zero-order valence-electron chi connectivity index (χ0n) is 5.53. The first kappa shape index (κ1) is 8.84. The maximum atomic E-state index is 5.66. The molecule has 0 atom stereocenters. The second-order valence-electron chi connectivity index (χ2n) is 1.96. The molecule has 0 aliphatic heterocycles. The molecule has 0 aromatic carbocycles. The molecule has 2 nitrogen and oxygen atoms in total. The zero-order chi connectivity index (χ0) is 6.97. The SMILES string of the molecule is Cl.ClCc1csc2cncn12. The van der Waals surface area contributed by atoms with Crippen LogP contribution in [0, 0.1) is 0 Å². The first-order chi connectivity index (χ1) is 4.92. The van der Waals surface area contributed by atoms with Gasteiger partial charge in [-0.05, 0) is 0 Å². The van der Waals surface area contributed by atoms with Gasteiger partial charge < -0.3 is 0 Å². The summed E-state index contributed by atoms with van der Waals surface area (Å²) in [5.74, 6) is 0.552. The Kier molecular flexibility index (Phi) is 2.76. The predicted octanol–water partition coefficient (Wildman–Crippen LogP) is 2.56. The van der Waals surface area contributed by atoms with Crippen LogP contribution in [-0.4, -0.2) is 9.38 Å². The molecule has 0 aliphatic rings. The van der Waals surface area contributed by atoms with Crippen LogP contribution in [0.25, 0.3) is 4.83 Å². The molecule has 2 aromatic heterocycles. The van der Waals surface area contributed by atoms with Crippen LogP contribution in [0.4, 0.5) is 0 Å². The fourth-order valence-electron chi connectivity index (χ4n) is 0.867. The van der Waals surface area contributed by atoms with E-state index in [4.69, 9.17) is 11.6 Å². The molecule has 0 aliphatic carbocycles. The van der Waals surface area contributed by atoms with Gasteiger partial charge >= 0.3 is 0 Å². The highest BCUT2D eigenvalue weighted by Crippen LogP contribution is 2.16. The summed E-state index contributed by atoms with van der Waals surface area (Å²) in [4.78, 5) is 5.13. The zero-order valence-corrected chi connectivity index (χ0v) is 7.92. The average molecular weight is 209 g/mol. The second kappa shape index (κ2) is 3.43. The lowest BCUT2D eigenvalue weighted by atomic mass is 10.6. The number of thiazole rings is 1. The summed E-state index contributed by atoms with van der Waals surface area (Å²) >= 11 is 7.32. The highest BCUT2D eigenvalue weighted by Gasteiger charge is 1.99. The Morgan fingerprint density at radius 2 is 2.45 bits per heavy atom. The summed E-state index contributed by atoms with van der Waals surface area (Å²) < 4.78 is 2.00. The van der Waals surface area contributed by atoms with Crippen LogP contribution < -0.4 is 0 Å². The van der Waals surface area contributed by atoms with Gasteiger partial charge in [0.15, 0.2) is 0 Å². The Labute approximate surface area is 79.2 Å². The third-order valence-corrected chi connectivity index (χ3v) is 2.57. The quantitative estimate of drug-likeness (QED) is 0.659. The second-order valence-corrected chi connectivity index (χ2v) is 3.12. The Morgan fingerprint density at radius 1 is 1.64 bits per heavy atom. The van der Waals surface area contributed by atoms with Crippen molar-refractivity contribution in [3.63, 3.8) is 0 Å². The monoisotopic (exact) mass is 208 g/mol. The number of rotatable bonds is 1. The molecule has 2 aromatic rings. The number of fused-ring (bicyclic) bond motifs is 1. The molecule has 60 valence electrons. The van der Waals surface area contributed by atoms with E-state index in [1.165, 1.54) is 0 Å². The summed E-state index contributed by atoms with van der Waals surface area (Å²) in [7, 11) is 0. The highest BCUT2D eigenvalue weighted by atomic mass is 35.5. The molecule has 0 N–H and O–H groups in total. The van der Waals surface area contributed by atoms with Crippen molar-refractivity contribution < 1.29 is 0 Å². The van der Waals surface area contributed by atoms with Crippen LogP contribution in [0.15, 0.2) is 17.9 Å². The molecule has 2 heterocycles. The van der Waals surface area contributed by atoms with E-state index in [1.54, 1.807) is 17.7 Å². The van der Waals surface area contributed by atoms with Crippen molar-refractivity contribution in [1.29, 1.82) is 0 Å². The van der Waals surface area contributed by atoms with Crippen molar-refractivity contribution >= 4 is 40.2 Å². The van der Waals surface area contributed by atoms with Gasteiger partial charge in [0.05, 0.1) is 12.1 Å². The maximum Gasteiger partial charge on any atom is 0.119 e. The molecule has 11 heavy (non-hydrogen) atoms. The van der Waals surface area contributed by atoms with Crippen LogP contribution in [0.5, 0.6) is 0 Å². The predicted molar refractivity (Wildman–Crippen MR) is 49.9 cm³/mol. The summed E-state index contributed by atoms with van der Waals surface area (Å²) in [6.07, 6.45) is 3.62. The van der Waals surface area contributed by atoms with Gasteiger partial charge in [0.25, 0.3) is 0 Å². The van der Waals surface area contributed by atoms with E-state index in [1.807, 2.05) is 16.0 Å². The van der Waals surface area contributed by atoms with Crippen molar-refractivity contribution in [3.8, 4) is 0 Å². The lowest BCUT2D eigenvalue weighted by molar-refractivity contribution is 1.08. The third-order valence-electron chi connectivity index (χ3n) is 1.37. The summed E-state index contributed by atoms with van der Waals surface area (Å²) in [6, 6.07) is 0. The minimum atomic E-state index is 0. The minimum absolute atomic E-state index is 0. The van der Waals surface area contributed by atoms with Gasteiger partial charge in [-0.1, -0.05) is 0 Å². The van der Waals surface area contributed by atoms with Crippen molar-refractivity contribution in [3.05, 3.63) is 23.6 Å². The van der Waals surface area contributed by atoms with Gasteiger partial charge in [0.1, 0.15) is 11.2 Å². The number of alkyl halides is 1. The van der Waals surface area contributed by atoms with Crippen LogP contribution in [-0.2, 0) is 5.88 Å². The Morgan fingerprint density at radius 3 is 3.18 bits per heavy atom. The average Bonchev–Trinajstić information content (AvgIpc) is 2.44. The van der Waals surface area contributed by atoms with Gasteiger partial charge in [-0.15, -0.1) is 35.3 Å². The molecule has 5 heteroatoms. The number of halogens is 2. The van der Waals surface area contributed by atoms with E-state index in [0.29, 0.717) is 5.88 Å². The highest BCUT2D eigenvalue weighted by molar-refractivity contribution is 7.15. The minimum Gasteiger partial charge on any atom is -0.293 e. The van der Waals surface area contributed by atoms with Gasteiger partial charge in [-0.25, -0.2) is 4.98 Å². The molecule has 0 saturated heterocycles.